The number of aliphatic hydroxyl groups excluding tert-OH is 1. The molecule has 0 saturated carbocycles. The van der Waals surface area contributed by atoms with Crippen LogP contribution in [0.2, 0.25) is 0 Å². The van der Waals surface area contributed by atoms with Crippen molar-refractivity contribution < 1.29 is 9.90 Å². The van der Waals surface area contributed by atoms with Crippen molar-refractivity contribution in [3.05, 3.63) is 23.5 Å². The molecule has 0 aromatic carbocycles. The summed E-state index contributed by atoms with van der Waals surface area (Å²) in [5.41, 5.74) is 1.48. The van der Waals surface area contributed by atoms with Crippen LogP contribution in [0.15, 0.2) is 12.3 Å². The Hall–Kier alpha value is -1.29. The van der Waals surface area contributed by atoms with E-state index >= 15 is 0 Å². The number of carbonyl (C=O) groups excluding carboxylic acids is 1. The van der Waals surface area contributed by atoms with Gasteiger partial charge in [-0.2, -0.15) is 0 Å². The molecule has 90 valence electrons. The number of aromatic nitrogens is 1. The van der Waals surface area contributed by atoms with Gasteiger partial charge in [-0.3, -0.25) is 4.79 Å². The average Bonchev–Trinajstić information content (AvgIpc) is 2.70. The van der Waals surface area contributed by atoms with Crippen molar-refractivity contribution in [1.29, 1.82) is 0 Å². The lowest BCUT2D eigenvalue weighted by Crippen LogP contribution is -2.35. The highest BCUT2D eigenvalue weighted by Crippen LogP contribution is 2.07. The van der Waals surface area contributed by atoms with Gasteiger partial charge in [0.25, 0.3) is 5.91 Å². The minimum Gasteiger partial charge on any atom is -0.391 e. The van der Waals surface area contributed by atoms with Crippen LogP contribution in [-0.4, -0.2) is 28.6 Å². The van der Waals surface area contributed by atoms with Gasteiger partial charge in [0.05, 0.1) is 11.7 Å². The van der Waals surface area contributed by atoms with Crippen LogP contribution in [-0.2, 0) is 0 Å². The molecule has 3 N–H and O–H groups in total. The molecule has 1 aromatic rings. The monoisotopic (exact) mass is 224 g/mol. The lowest BCUT2D eigenvalue weighted by atomic mass is 10.0. The number of aromatic amines is 1. The van der Waals surface area contributed by atoms with E-state index in [-0.39, 0.29) is 11.8 Å². The first-order valence-electron chi connectivity index (χ1n) is 5.66. The molecule has 1 heterocycles. The number of carbonyl (C=O) groups is 1. The minimum atomic E-state index is -0.479. The van der Waals surface area contributed by atoms with Gasteiger partial charge in [0.1, 0.15) is 0 Å². The zero-order valence-electron chi connectivity index (χ0n) is 10.1. The first-order valence-corrected chi connectivity index (χ1v) is 5.66. The summed E-state index contributed by atoms with van der Waals surface area (Å²) in [5.74, 6) is 0.0636. The topological polar surface area (TPSA) is 65.1 Å². The molecule has 0 spiro atoms. The maximum Gasteiger partial charge on any atom is 0.253 e. The highest BCUT2D eigenvalue weighted by Gasteiger charge is 2.15. The van der Waals surface area contributed by atoms with E-state index in [1.807, 2.05) is 20.8 Å². The standard InChI is InChI=1S/C12H20N2O2/c1-4-8(2)11(15)7-14-12(16)10-5-6-13-9(10)3/h5-6,8,11,13,15H,4,7H2,1-3H3,(H,14,16). The first kappa shape index (κ1) is 12.8. The van der Waals surface area contributed by atoms with E-state index in [4.69, 9.17) is 0 Å². The van der Waals surface area contributed by atoms with Crippen molar-refractivity contribution in [3.8, 4) is 0 Å². The van der Waals surface area contributed by atoms with Gasteiger partial charge in [-0.25, -0.2) is 0 Å². The Morgan fingerprint density at radius 1 is 1.62 bits per heavy atom. The van der Waals surface area contributed by atoms with Crippen molar-refractivity contribution in [2.75, 3.05) is 6.54 Å². The van der Waals surface area contributed by atoms with Crippen LogP contribution < -0.4 is 5.32 Å². The molecule has 1 amide bonds. The summed E-state index contributed by atoms with van der Waals surface area (Å²) in [7, 11) is 0. The van der Waals surface area contributed by atoms with Crippen molar-refractivity contribution in [2.45, 2.75) is 33.3 Å². The van der Waals surface area contributed by atoms with Gasteiger partial charge in [0.15, 0.2) is 0 Å². The molecule has 2 unspecified atom stereocenters. The Bertz CT molecular complexity index is 347. The van der Waals surface area contributed by atoms with Crippen molar-refractivity contribution in [3.63, 3.8) is 0 Å². The zero-order chi connectivity index (χ0) is 12.1. The van der Waals surface area contributed by atoms with E-state index in [0.29, 0.717) is 12.1 Å². The van der Waals surface area contributed by atoms with Gasteiger partial charge >= 0.3 is 0 Å². The van der Waals surface area contributed by atoms with Crippen molar-refractivity contribution in [1.82, 2.24) is 10.3 Å². The lowest BCUT2D eigenvalue weighted by Gasteiger charge is -2.17. The lowest BCUT2D eigenvalue weighted by molar-refractivity contribution is 0.0850. The highest BCUT2D eigenvalue weighted by molar-refractivity contribution is 5.95. The number of nitrogens with one attached hydrogen (secondary N) is 2. The van der Waals surface area contributed by atoms with Gasteiger partial charge in [-0.1, -0.05) is 20.3 Å². The summed E-state index contributed by atoms with van der Waals surface area (Å²) < 4.78 is 0. The molecule has 1 aromatic heterocycles. The van der Waals surface area contributed by atoms with Crippen LogP contribution in [0.25, 0.3) is 0 Å². The van der Waals surface area contributed by atoms with E-state index in [1.54, 1.807) is 12.3 Å². The maximum absolute atomic E-state index is 11.7. The Kier molecular flexibility index (Phi) is 4.55. The number of H-pyrrole nitrogens is 1. The number of aliphatic hydroxyl groups is 1. The number of amides is 1. The van der Waals surface area contributed by atoms with Gasteiger partial charge in [-0.15, -0.1) is 0 Å². The van der Waals surface area contributed by atoms with Crippen LogP contribution in [0.3, 0.4) is 0 Å². The minimum absolute atomic E-state index is 0.138. The van der Waals surface area contributed by atoms with Gasteiger partial charge in [-0.05, 0) is 18.9 Å². The Morgan fingerprint density at radius 2 is 2.31 bits per heavy atom. The summed E-state index contributed by atoms with van der Waals surface area (Å²) in [6.45, 7) is 6.14. The van der Waals surface area contributed by atoms with Crippen LogP contribution in [0, 0.1) is 12.8 Å². The third-order valence-corrected chi connectivity index (χ3v) is 2.97. The molecular formula is C12H20N2O2. The summed E-state index contributed by atoms with van der Waals surface area (Å²) in [6.07, 6.45) is 2.16. The van der Waals surface area contributed by atoms with Crippen LogP contribution in [0.5, 0.6) is 0 Å². The third kappa shape index (κ3) is 3.10. The van der Waals surface area contributed by atoms with E-state index < -0.39 is 6.10 Å². The van der Waals surface area contributed by atoms with E-state index in [0.717, 1.165) is 12.1 Å². The van der Waals surface area contributed by atoms with Gasteiger partial charge in [0.2, 0.25) is 0 Å². The summed E-state index contributed by atoms with van der Waals surface area (Å²) in [4.78, 5) is 14.6. The van der Waals surface area contributed by atoms with E-state index in [2.05, 4.69) is 10.3 Å². The molecular weight excluding hydrogens is 204 g/mol. The molecule has 0 aliphatic heterocycles. The maximum atomic E-state index is 11.7. The highest BCUT2D eigenvalue weighted by atomic mass is 16.3. The van der Waals surface area contributed by atoms with Crippen LogP contribution >= 0.6 is 0 Å². The number of rotatable bonds is 5. The molecule has 0 aliphatic rings. The van der Waals surface area contributed by atoms with Crippen molar-refractivity contribution >= 4 is 5.91 Å². The summed E-state index contributed by atoms with van der Waals surface area (Å²) in [6, 6.07) is 1.74. The second kappa shape index (κ2) is 5.70. The van der Waals surface area contributed by atoms with Crippen LogP contribution in [0.1, 0.15) is 36.3 Å². The predicted octanol–water partition coefficient (Wildman–Crippen LogP) is 1.46. The number of hydrogen-bond donors (Lipinski definition) is 3. The van der Waals surface area contributed by atoms with E-state index in [9.17, 15) is 9.90 Å². The molecule has 4 nitrogen and oxygen atoms in total. The fourth-order valence-corrected chi connectivity index (χ4v) is 1.46. The predicted molar refractivity (Wildman–Crippen MR) is 63.3 cm³/mol. The number of hydrogen-bond acceptors (Lipinski definition) is 2. The second-order valence-corrected chi connectivity index (χ2v) is 4.18. The Balaban J connectivity index is 2.45. The molecule has 0 fully saturated rings. The second-order valence-electron chi connectivity index (χ2n) is 4.18. The third-order valence-electron chi connectivity index (χ3n) is 2.97. The first-order chi connectivity index (χ1) is 7.56. The molecule has 2 atom stereocenters. The molecule has 16 heavy (non-hydrogen) atoms. The Morgan fingerprint density at radius 3 is 2.81 bits per heavy atom. The SMILES string of the molecule is CCC(C)C(O)CNC(=O)c1cc[nH]c1C. The molecule has 0 saturated heterocycles. The fraction of sp³-hybridized carbons (Fsp3) is 0.583. The quantitative estimate of drug-likeness (QED) is 0.709. The van der Waals surface area contributed by atoms with E-state index in [1.165, 1.54) is 0 Å². The van der Waals surface area contributed by atoms with Gasteiger partial charge in [0, 0.05) is 18.4 Å². The molecule has 0 bridgehead atoms. The number of aryl methyl sites for hydroxylation is 1. The average molecular weight is 224 g/mol. The fourth-order valence-electron chi connectivity index (χ4n) is 1.46. The summed E-state index contributed by atoms with van der Waals surface area (Å²) >= 11 is 0. The summed E-state index contributed by atoms with van der Waals surface area (Å²) in [5, 5.41) is 12.4. The molecule has 0 aliphatic carbocycles. The van der Waals surface area contributed by atoms with Crippen LogP contribution in [0.4, 0.5) is 0 Å². The normalized spacial score (nSPS) is 14.5. The smallest absolute Gasteiger partial charge is 0.253 e. The Labute approximate surface area is 96.1 Å². The largest absolute Gasteiger partial charge is 0.391 e. The zero-order valence-corrected chi connectivity index (χ0v) is 10.1. The van der Waals surface area contributed by atoms with Crippen molar-refractivity contribution in [2.24, 2.45) is 5.92 Å². The molecule has 4 heteroatoms. The molecule has 1 rings (SSSR count). The van der Waals surface area contributed by atoms with Gasteiger partial charge < -0.3 is 15.4 Å². The molecule has 0 radical (unpaired) electrons.